The van der Waals surface area contributed by atoms with Gasteiger partial charge in [-0.05, 0) is 24.1 Å². The Labute approximate surface area is 91.9 Å². The lowest BCUT2D eigenvalue weighted by atomic mass is 10.1. The Hall–Kier alpha value is -0.510. The minimum atomic E-state index is 1.08. The van der Waals surface area contributed by atoms with Crippen molar-refractivity contribution in [2.75, 3.05) is 0 Å². The molecule has 2 heteroatoms. The zero-order chi connectivity index (χ0) is 9.42. The van der Waals surface area contributed by atoms with Crippen LogP contribution in [-0.4, -0.2) is 4.57 Å². The van der Waals surface area contributed by atoms with Crippen molar-refractivity contribution in [2.24, 2.45) is 7.05 Å². The fourth-order valence-corrected chi connectivity index (χ4v) is 2.41. The average Bonchev–Trinajstić information content (AvgIpc) is 2.45. The molecule has 0 unspecified atom stereocenters. The van der Waals surface area contributed by atoms with Crippen LogP contribution in [0.2, 0.25) is 0 Å². The van der Waals surface area contributed by atoms with Crippen molar-refractivity contribution >= 4 is 33.5 Å². The van der Waals surface area contributed by atoms with E-state index in [1.54, 1.807) is 0 Å². The Morgan fingerprint density at radius 3 is 2.85 bits per heavy atom. The molecule has 0 N–H and O–H groups in total. The van der Waals surface area contributed by atoms with Gasteiger partial charge in [-0.1, -0.05) is 34.7 Å². The number of fused-ring (bicyclic) bond motifs is 1. The Morgan fingerprint density at radius 1 is 1.38 bits per heavy atom. The molecule has 0 radical (unpaired) electrons. The Kier molecular flexibility index (Phi) is 2.32. The smallest absolute Gasteiger partial charge is 0.0483 e. The van der Waals surface area contributed by atoms with Crippen LogP contribution in [0.4, 0.5) is 0 Å². The van der Waals surface area contributed by atoms with Crippen LogP contribution in [0.15, 0.2) is 24.4 Å². The molecule has 1 heterocycles. The summed E-state index contributed by atoms with van der Waals surface area (Å²) in [5.41, 5.74) is 4.16. The number of aryl methyl sites for hydroxylation is 2. The number of hydrogen-bond acceptors (Lipinski definition) is 0. The first-order chi connectivity index (χ1) is 6.24. The molecule has 0 fully saturated rings. The van der Waals surface area contributed by atoms with E-state index in [9.17, 15) is 0 Å². The number of rotatable bonds is 1. The molecule has 2 rings (SSSR count). The molecule has 1 aromatic heterocycles. The van der Waals surface area contributed by atoms with Crippen LogP contribution in [0.25, 0.3) is 10.9 Å². The van der Waals surface area contributed by atoms with E-state index in [4.69, 9.17) is 0 Å². The van der Waals surface area contributed by atoms with Crippen LogP contribution in [0, 0.1) is 6.92 Å². The average molecular weight is 285 g/mol. The van der Waals surface area contributed by atoms with E-state index in [0.29, 0.717) is 0 Å². The van der Waals surface area contributed by atoms with Gasteiger partial charge in [-0.15, -0.1) is 0 Å². The van der Waals surface area contributed by atoms with Crippen LogP contribution >= 0.6 is 22.6 Å². The first-order valence-corrected chi connectivity index (χ1v) is 5.86. The standard InChI is InChI=1S/C11H12IN/c1-8-4-3-5-10-11(8)9(6-12)7-13(10)2/h3-5,7H,6H2,1-2H3. The minimum absolute atomic E-state index is 1.08. The third-order valence-electron chi connectivity index (χ3n) is 2.45. The zero-order valence-corrected chi connectivity index (χ0v) is 10.00. The Balaban J connectivity index is 2.89. The van der Waals surface area contributed by atoms with Crippen molar-refractivity contribution in [1.29, 1.82) is 0 Å². The summed E-state index contributed by atoms with van der Waals surface area (Å²) in [7, 11) is 2.11. The lowest BCUT2D eigenvalue weighted by Crippen LogP contribution is -1.83. The molecule has 0 aliphatic carbocycles. The van der Waals surface area contributed by atoms with Crippen LogP contribution < -0.4 is 0 Å². The SMILES string of the molecule is Cc1cccc2c1c(CI)cn2C. The number of benzene rings is 1. The van der Waals surface area contributed by atoms with Crippen LogP contribution in [0.1, 0.15) is 11.1 Å². The van der Waals surface area contributed by atoms with Crippen LogP contribution in [-0.2, 0) is 11.5 Å². The van der Waals surface area contributed by atoms with Crippen molar-refractivity contribution < 1.29 is 0 Å². The lowest BCUT2D eigenvalue weighted by molar-refractivity contribution is 0.963. The Bertz CT molecular complexity index is 443. The Morgan fingerprint density at radius 2 is 2.15 bits per heavy atom. The van der Waals surface area contributed by atoms with Crippen LogP contribution in [0.3, 0.4) is 0 Å². The summed E-state index contributed by atoms with van der Waals surface area (Å²) in [4.78, 5) is 0. The second-order valence-electron chi connectivity index (χ2n) is 3.37. The first kappa shape index (κ1) is 9.06. The topological polar surface area (TPSA) is 4.93 Å². The van der Waals surface area contributed by atoms with E-state index < -0.39 is 0 Å². The number of nitrogens with zero attached hydrogens (tertiary/aromatic N) is 1. The van der Waals surface area contributed by atoms with Gasteiger partial charge in [0.15, 0.2) is 0 Å². The first-order valence-electron chi connectivity index (χ1n) is 4.33. The molecule has 68 valence electrons. The summed E-state index contributed by atoms with van der Waals surface area (Å²) in [6, 6.07) is 6.48. The summed E-state index contributed by atoms with van der Waals surface area (Å²) >= 11 is 2.42. The minimum Gasteiger partial charge on any atom is -0.350 e. The predicted octanol–water partition coefficient (Wildman–Crippen LogP) is 3.42. The highest BCUT2D eigenvalue weighted by molar-refractivity contribution is 14.1. The fraction of sp³-hybridized carbons (Fsp3) is 0.273. The molecule has 0 saturated heterocycles. The summed E-state index contributed by atoms with van der Waals surface area (Å²) in [6.07, 6.45) is 2.23. The van der Waals surface area contributed by atoms with Gasteiger partial charge in [-0.2, -0.15) is 0 Å². The van der Waals surface area contributed by atoms with Gasteiger partial charge in [0.05, 0.1) is 0 Å². The highest BCUT2D eigenvalue weighted by Gasteiger charge is 2.06. The van der Waals surface area contributed by atoms with E-state index >= 15 is 0 Å². The summed E-state index contributed by atoms with van der Waals surface area (Å²) in [5, 5.41) is 1.43. The van der Waals surface area contributed by atoms with E-state index in [2.05, 4.69) is 65.5 Å². The molecule has 13 heavy (non-hydrogen) atoms. The molecule has 0 amide bonds. The predicted molar refractivity (Wildman–Crippen MR) is 65.4 cm³/mol. The molecule has 1 aromatic carbocycles. The number of aromatic nitrogens is 1. The van der Waals surface area contributed by atoms with E-state index in [1.807, 2.05) is 0 Å². The van der Waals surface area contributed by atoms with Crippen LogP contribution in [0.5, 0.6) is 0 Å². The second-order valence-corrected chi connectivity index (χ2v) is 4.13. The van der Waals surface area contributed by atoms with Crippen molar-refractivity contribution in [3.05, 3.63) is 35.5 Å². The quantitative estimate of drug-likeness (QED) is 0.559. The highest BCUT2D eigenvalue weighted by atomic mass is 127. The van der Waals surface area contributed by atoms with Gasteiger partial charge in [-0.25, -0.2) is 0 Å². The maximum absolute atomic E-state index is 2.42. The normalized spacial score (nSPS) is 11.0. The lowest BCUT2D eigenvalue weighted by Gasteiger charge is -1.98. The molecule has 0 aliphatic rings. The molecule has 2 aromatic rings. The number of hydrogen-bond donors (Lipinski definition) is 0. The van der Waals surface area contributed by atoms with E-state index in [1.165, 1.54) is 22.0 Å². The summed E-state index contributed by atoms with van der Waals surface area (Å²) in [6.45, 7) is 2.18. The van der Waals surface area contributed by atoms with Gasteiger partial charge < -0.3 is 4.57 Å². The van der Waals surface area contributed by atoms with Crippen molar-refractivity contribution in [3.63, 3.8) is 0 Å². The molecule has 0 bridgehead atoms. The third kappa shape index (κ3) is 1.37. The number of alkyl halides is 1. The molecular weight excluding hydrogens is 273 g/mol. The van der Waals surface area contributed by atoms with Gasteiger partial charge in [0.1, 0.15) is 0 Å². The maximum atomic E-state index is 2.42. The molecule has 0 atom stereocenters. The molecule has 1 nitrogen and oxygen atoms in total. The van der Waals surface area contributed by atoms with Crippen molar-refractivity contribution in [3.8, 4) is 0 Å². The second kappa shape index (κ2) is 3.33. The molecular formula is C11H12IN. The van der Waals surface area contributed by atoms with Gasteiger partial charge >= 0.3 is 0 Å². The van der Waals surface area contributed by atoms with Crippen molar-refractivity contribution in [2.45, 2.75) is 11.4 Å². The highest BCUT2D eigenvalue weighted by Crippen LogP contribution is 2.25. The van der Waals surface area contributed by atoms with Crippen molar-refractivity contribution in [1.82, 2.24) is 4.57 Å². The fourth-order valence-electron chi connectivity index (χ4n) is 1.83. The van der Waals surface area contributed by atoms with E-state index in [0.717, 1.165) is 4.43 Å². The van der Waals surface area contributed by atoms with Gasteiger partial charge in [-0.3, -0.25) is 0 Å². The molecule has 0 aliphatic heterocycles. The van der Waals surface area contributed by atoms with Gasteiger partial charge in [0.2, 0.25) is 0 Å². The molecule has 0 saturated carbocycles. The summed E-state index contributed by atoms with van der Waals surface area (Å²) in [5.74, 6) is 0. The maximum Gasteiger partial charge on any atom is 0.0483 e. The van der Waals surface area contributed by atoms with E-state index in [-0.39, 0.29) is 0 Å². The monoisotopic (exact) mass is 285 g/mol. The van der Waals surface area contributed by atoms with Gasteiger partial charge in [0.25, 0.3) is 0 Å². The largest absolute Gasteiger partial charge is 0.350 e. The summed E-state index contributed by atoms with van der Waals surface area (Å²) < 4.78 is 3.29. The van der Waals surface area contributed by atoms with Gasteiger partial charge in [0, 0.05) is 28.6 Å². The third-order valence-corrected chi connectivity index (χ3v) is 3.27. The molecule has 0 spiro atoms. The number of halogens is 1. The zero-order valence-electron chi connectivity index (χ0n) is 7.84.